The van der Waals surface area contributed by atoms with Gasteiger partial charge in [0.2, 0.25) is 15.8 Å². The average molecular weight is 463 g/mol. The van der Waals surface area contributed by atoms with E-state index in [0.717, 1.165) is 0 Å². The normalized spacial score (nSPS) is 11.2. The number of carbonyl (C=O) groups is 2. The maximum absolute atomic E-state index is 12.8. The van der Waals surface area contributed by atoms with Gasteiger partial charge in [-0.05, 0) is 48.9 Å². The van der Waals surface area contributed by atoms with Crippen LogP contribution in [0.15, 0.2) is 53.7 Å². The zero-order chi connectivity index (χ0) is 22.8. The number of hydrogen-bond acceptors (Lipinski definition) is 6. The molecule has 3 rings (SSSR count). The largest absolute Gasteiger partial charge is 0.483 e. The number of nitrogens with zero attached hydrogens (tertiary/aromatic N) is 2. The van der Waals surface area contributed by atoms with Crippen LogP contribution in [-0.2, 0) is 21.9 Å². The molecule has 0 saturated heterocycles. The first-order valence-electron chi connectivity index (χ1n) is 8.94. The summed E-state index contributed by atoms with van der Waals surface area (Å²) in [6.07, 6.45) is 3.13. The molecule has 0 bridgehead atoms. The van der Waals surface area contributed by atoms with Crippen LogP contribution in [0.3, 0.4) is 0 Å². The standard InChI is InChI=1S/C20H19ClN4O5S/c1-12-9-14(31(22,28)29)4-5-16(12)24-18(26)11-30-17-6-3-13(21)10-15(17)19(27)20-23-7-8-25(20)2/h3-10H,11H2,1-2H3,(H,24,26)(H2,22,28,29). The Balaban J connectivity index is 1.74. The first kappa shape index (κ1) is 22.5. The van der Waals surface area contributed by atoms with Gasteiger partial charge in [-0.3, -0.25) is 9.59 Å². The highest BCUT2D eigenvalue weighted by molar-refractivity contribution is 7.89. The number of rotatable bonds is 7. The van der Waals surface area contributed by atoms with Gasteiger partial charge in [-0.25, -0.2) is 18.5 Å². The Morgan fingerprint density at radius 3 is 2.58 bits per heavy atom. The third-order valence-corrected chi connectivity index (χ3v) is 5.52. The van der Waals surface area contributed by atoms with Gasteiger partial charge in [0.25, 0.3) is 5.91 Å². The number of aryl methyl sites for hydroxylation is 2. The second-order valence-electron chi connectivity index (χ2n) is 6.69. The summed E-state index contributed by atoms with van der Waals surface area (Å²) in [4.78, 5) is 29.1. The predicted octanol–water partition coefficient (Wildman–Crippen LogP) is 2.28. The van der Waals surface area contributed by atoms with E-state index in [1.165, 1.54) is 36.5 Å². The van der Waals surface area contributed by atoms with E-state index >= 15 is 0 Å². The quantitative estimate of drug-likeness (QED) is 0.517. The predicted molar refractivity (Wildman–Crippen MR) is 115 cm³/mol. The van der Waals surface area contributed by atoms with E-state index < -0.39 is 28.3 Å². The monoisotopic (exact) mass is 462 g/mol. The molecule has 0 saturated carbocycles. The fraction of sp³-hybridized carbons (Fsp3) is 0.150. The van der Waals surface area contributed by atoms with E-state index in [4.69, 9.17) is 21.5 Å². The Morgan fingerprint density at radius 1 is 1.23 bits per heavy atom. The lowest BCUT2D eigenvalue weighted by atomic mass is 10.1. The molecule has 9 nitrogen and oxygen atoms in total. The maximum atomic E-state index is 12.8. The SMILES string of the molecule is Cc1cc(S(N)(=O)=O)ccc1NC(=O)COc1ccc(Cl)cc1C(=O)c1nccn1C. The van der Waals surface area contributed by atoms with Crippen molar-refractivity contribution in [3.8, 4) is 5.75 Å². The Bertz CT molecular complexity index is 1270. The number of ketones is 1. The molecule has 0 aliphatic heterocycles. The van der Waals surface area contributed by atoms with Crippen LogP contribution in [0.1, 0.15) is 21.7 Å². The van der Waals surface area contributed by atoms with Crippen LogP contribution in [0.2, 0.25) is 5.02 Å². The highest BCUT2D eigenvalue weighted by atomic mass is 35.5. The number of nitrogens with two attached hydrogens (primary N) is 1. The van der Waals surface area contributed by atoms with Crippen LogP contribution < -0.4 is 15.2 Å². The lowest BCUT2D eigenvalue weighted by Gasteiger charge is -2.13. The summed E-state index contributed by atoms with van der Waals surface area (Å²) in [6, 6.07) is 8.57. The number of halogens is 1. The van der Waals surface area contributed by atoms with Gasteiger partial charge in [0.15, 0.2) is 12.4 Å². The van der Waals surface area contributed by atoms with Crippen LogP contribution in [0.4, 0.5) is 5.69 Å². The second-order valence-corrected chi connectivity index (χ2v) is 8.69. The van der Waals surface area contributed by atoms with Crippen molar-refractivity contribution < 1.29 is 22.7 Å². The van der Waals surface area contributed by atoms with Crippen molar-refractivity contribution in [3.05, 3.63) is 70.8 Å². The van der Waals surface area contributed by atoms with Crippen LogP contribution in [0, 0.1) is 6.92 Å². The summed E-state index contributed by atoms with van der Waals surface area (Å²) >= 11 is 6.03. The molecule has 1 aromatic heterocycles. The first-order valence-corrected chi connectivity index (χ1v) is 10.9. The fourth-order valence-corrected chi connectivity index (χ4v) is 3.56. The Kier molecular flexibility index (Phi) is 6.44. The maximum Gasteiger partial charge on any atom is 0.262 e. The van der Waals surface area contributed by atoms with Gasteiger partial charge in [-0.1, -0.05) is 11.6 Å². The summed E-state index contributed by atoms with van der Waals surface area (Å²) in [5.74, 6) is -0.535. The van der Waals surface area contributed by atoms with Gasteiger partial charge in [-0.15, -0.1) is 0 Å². The van der Waals surface area contributed by atoms with E-state index in [2.05, 4.69) is 10.3 Å². The van der Waals surface area contributed by atoms with Crippen molar-refractivity contribution in [1.29, 1.82) is 0 Å². The molecule has 2 aromatic carbocycles. The smallest absolute Gasteiger partial charge is 0.262 e. The number of anilines is 1. The van der Waals surface area contributed by atoms with Gasteiger partial charge >= 0.3 is 0 Å². The molecule has 0 spiro atoms. The molecule has 0 aliphatic carbocycles. The van der Waals surface area contributed by atoms with Crippen LogP contribution >= 0.6 is 11.6 Å². The molecule has 31 heavy (non-hydrogen) atoms. The van der Waals surface area contributed by atoms with Gasteiger partial charge < -0.3 is 14.6 Å². The second kappa shape index (κ2) is 8.88. The number of ether oxygens (including phenoxy) is 1. The minimum Gasteiger partial charge on any atom is -0.483 e. The highest BCUT2D eigenvalue weighted by Crippen LogP contribution is 2.25. The zero-order valence-corrected chi connectivity index (χ0v) is 18.2. The van der Waals surface area contributed by atoms with Crippen molar-refractivity contribution in [2.45, 2.75) is 11.8 Å². The molecular formula is C20H19ClN4O5S. The van der Waals surface area contributed by atoms with Crippen LogP contribution in [0.5, 0.6) is 5.75 Å². The Hall–Kier alpha value is -3.21. The molecule has 0 aliphatic rings. The molecule has 3 N–H and O–H groups in total. The number of nitrogens with one attached hydrogen (secondary N) is 1. The van der Waals surface area contributed by atoms with Crippen molar-refractivity contribution >= 4 is 39.0 Å². The summed E-state index contributed by atoms with van der Waals surface area (Å²) in [7, 11) is -2.16. The number of carbonyl (C=O) groups excluding carboxylic acids is 2. The number of hydrogen-bond donors (Lipinski definition) is 2. The molecule has 1 amide bonds. The lowest BCUT2D eigenvalue weighted by Crippen LogP contribution is -2.22. The Labute approximate surface area is 183 Å². The number of primary sulfonamides is 1. The summed E-state index contributed by atoms with van der Waals surface area (Å²) < 4.78 is 30.0. The summed E-state index contributed by atoms with van der Waals surface area (Å²) in [6.45, 7) is 1.24. The number of imidazole rings is 1. The molecule has 11 heteroatoms. The molecule has 0 unspecified atom stereocenters. The third kappa shape index (κ3) is 5.29. The molecular weight excluding hydrogens is 444 g/mol. The van der Waals surface area contributed by atoms with Gasteiger partial charge in [0.05, 0.1) is 10.5 Å². The van der Waals surface area contributed by atoms with E-state index in [-0.39, 0.29) is 22.0 Å². The highest BCUT2D eigenvalue weighted by Gasteiger charge is 2.20. The van der Waals surface area contributed by atoms with E-state index in [9.17, 15) is 18.0 Å². The third-order valence-electron chi connectivity index (χ3n) is 4.37. The molecule has 0 radical (unpaired) electrons. The number of amides is 1. The number of benzene rings is 2. The van der Waals surface area contributed by atoms with Gasteiger partial charge in [0, 0.05) is 30.2 Å². The number of aromatic nitrogens is 2. The van der Waals surface area contributed by atoms with Crippen molar-refractivity contribution in [3.63, 3.8) is 0 Å². The molecule has 1 heterocycles. The summed E-state index contributed by atoms with van der Waals surface area (Å²) in [5.41, 5.74) is 1.08. The topological polar surface area (TPSA) is 133 Å². The van der Waals surface area contributed by atoms with Crippen molar-refractivity contribution in [2.75, 3.05) is 11.9 Å². The number of sulfonamides is 1. The van der Waals surface area contributed by atoms with E-state index in [0.29, 0.717) is 16.3 Å². The van der Waals surface area contributed by atoms with Crippen LogP contribution in [0.25, 0.3) is 0 Å². The minimum atomic E-state index is -3.84. The molecule has 0 atom stereocenters. The minimum absolute atomic E-state index is 0.0575. The molecule has 3 aromatic rings. The molecule has 162 valence electrons. The average Bonchev–Trinajstić information content (AvgIpc) is 3.13. The lowest BCUT2D eigenvalue weighted by molar-refractivity contribution is -0.118. The van der Waals surface area contributed by atoms with Crippen molar-refractivity contribution in [2.24, 2.45) is 12.2 Å². The van der Waals surface area contributed by atoms with E-state index in [1.807, 2.05) is 0 Å². The van der Waals surface area contributed by atoms with Crippen LogP contribution in [-0.4, -0.2) is 36.3 Å². The molecule has 0 fully saturated rings. The first-order chi connectivity index (χ1) is 14.6. The van der Waals surface area contributed by atoms with Crippen molar-refractivity contribution in [1.82, 2.24) is 9.55 Å². The summed E-state index contributed by atoms with van der Waals surface area (Å²) in [5, 5.41) is 8.07. The van der Waals surface area contributed by atoms with Gasteiger partial charge in [0.1, 0.15) is 5.75 Å². The zero-order valence-electron chi connectivity index (χ0n) is 16.6. The van der Waals surface area contributed by atoms with E-state index in [1.54, 1.807) is 30.8 Å². The van der Waals surface area contributed by atoms with Gasteiger partial charge in [-0.2, -0.15) is 0 Å². The fourth-order valence-electron chi connectivity index (χ4n) is 2.79. The Morgan fingerprint density at radius 2 is 1.97 bits per heavy atom.